The van der Waals surface area contributed by atoms with Crippen molar-refractivity contribution in [3.8, 4) is 0 Å². The fourth-order valence-corrected chi connectivity index (χ4v) is 2.79. The van der Waals surface area contributed by atoms with Crippen LogP contribution < -0.4 is 0 Å². The monoisotopic (exact) mass is 284 g/mol. The number of amides is 1. The summed E-state index contributed by atoms with van der Waals surface area (Å²) in [7, 11) is 2.13. The molecule has 1 N–H and O–H groups in total. The molecule has 5 nitrogen and oxygen atoms in total. The van der Waals surface area contributed by atoms with Crippen molar-refractivity contribution in [3.63, 3.8) is 0 Å². The number of hydrogen-bond donors (Lipinski definition) is 1. The number of nitrogens with zero attached hydrogens (tertiary/aromatic N) is 3. The molecule has 21 heavy (non-hydrogen) atoms. The predicted octanol–water partition coefficient (Wildman–Crippen LogP) is 1.41. The third-order valence-electron chi connectivity index (χ3n) is 4.12. The van der Waals surface area contributed by atoms with E-state index >= 15 is 0 Å². The van der Waals surface area contributed by atoms with Crippen LogP contribution in [0.1, 0.15) is 15.9 Å². The molecule has 0 saturated carbocycles. The summed E-state index contributed by atoms with van der Waals surface area (Å²) in [6.45, 7) is 2.43. The third kappa shape index (κ3) is 3.13. The molecule has 1 amide bonds. The van der Waals surface area contributed by atoms with Gasteiger partial charge in [0.1, 0.15) is 0 Å². The van der Waals surface area contributed by atoms with Gasteiger partial charge in [0.15, 0.2) is 0 Å². The van der Waals surface area contributed by atoms with E-state index in [-0.39, 0.29) is 5.91 Å². The molecule has 1 fully saturated rings. The molecule has 1 atom stereocenters. The minimum Gasteiger partial charge on any atom is -0.336 e. The van der Waals surface area contributed by atoms with Gasteiger partial charge in [-0.1, -0.05) is 30.3 Å². The van der Waals surface area contributed by atoms with Gasteiger partial charge in [-0.25, -0.2) is 0 Å². The first-order valence-corrected chi connectivity index (χ1v) is 7.26. The summed E-state index contributed by atoms with van der Waals surface area (Å²) in [5.74, 6) is 0.0647. The van der Waals surface area contributed by atoms with Crippen molar-refractivity contribution >= 4 is 5.91 Å². The normalized spacial score (nSPS) is 19.7. The maximum Gasteiger partial charge on any atom is 0.257 e. The minimum atomic E-state index is 0.0647. The molecule has 1 aromatic carbocycles. The zero-order chi connectivity index (χ0) is 14.7. The summed E-state index contributed by atoms with van der Waals surface area (Å²) >= 11 is 0. The van der Waals surface area contributed by atoms with Crippen LogP contribution in [0, 0.1) is 0 Å². The highest BCUT2D eigenvalue weighted by molar-refractivity contribution is 5.93. The van der Waals surface area contributed by atoms with Crippen LogP contribution >= 0.6 is 0 Å². The number of aromatic nitrogens is 2. The van der Waals surface area contributed by atoms with Gasteiger partial charge in [-0.15, -0.1) is 0 Å². The zero-order valence-electron chi connectivity index (χ0n) is 12.2. The SMILES string of the molecule is CN1CCN(C(=O)c2cn[nH]c2)C[C@@H]1Cc1ccccc1. The third-order valence-corrected chi connectivity index (χ3v) is 4.12. The molecular formula is C16H20N4O. The van der Waals surface area contributed by atoms with E-state index in [1.165, 1.54) is 5.56 Å². The molecule has 1 aromatic heterocycles. The van der Waals surface area contributed by atoms with Crippen LogP contribution in [0.25, 0.3) is 0 Å². The summed E-state index contributed by atoms with van der Waals surface area (Å²) in [5, 5.41) is 6.56. The Labute approximate surface area is 124 Å². The number of likely N-dealkylation sites (N-methyl/N-ethyl adjacent to an activating group) is 1. The number of carbonyl (C=O) groups is 1. The van der Waals surface area contributed by atoms with Gasteiger partial charge in [0.25, 0.3) is 5.91 Å². The number of aromatic amines is 1. The minimum absolute atomic E-state index is 0.0647. The largest absolute Gasteiger partial charge is 0.336 e. The van der Waals surface area contributed by atoms with Gasteiger partial charge >= 0.3 is 0 Å². The number of benzene rings is 1. The predicted molar refractivity (Wildman–Crippen MR) is 81.1 cm³/mol. The molecule has 1 saturated heterocycles. The number of carbonyl (C=O) groups excluding carboxylic acids is 1. The van der Waals surface area contributed by atoms with Crippen molar-refractivity contribution in [1.29, 1.82) is 0 Å². The second-order valence-electron chi connectivity index (χ2n) is 5.56. The smallest absolute Gasteiger partial charge is 0.257 e. The van der Waals surface area contributed by atoms with E-state index in [0.29, 0.717) is 11.6 Å². The van der Waals surface area contributed by atoms with Crippen molar-refractivity contribution in [2.75, 3.05) is 26.7 Å². The second kappa shape index (κ2) is 6.10. The van der Waals surface area contributed by atoms with Gasteiger partial charge in [0, 0.05) is 31.9 Å². The van der Waals surface area contributed by atoms with Crippen molar-refractivity contribution in [2.24, 2.45) is 0 Å². The molecule has 0 bridgehead atoms. The molecule has 2 aromatic rings. The maximum absolute atomic E-state index is 12.4. The van der Waals surface area contributed by atoms with E-state index in [1.807, 2.05) is 11.0 Å². The Morgan fingerprint density at radius 2 is 2.14 bits per heavy atom. The first-order chi connectivity index (χ1) is 10.2. The molecule has 1 aliphatic rings. The highest BCUT2D eigenvalue weighted by Crippen LogP contribution is 2.15. The van der Waals surface area contributed by atoms with E-state index in [1.54, 1.807) is 12.4 Å². The van der Waals surface area contributed by atoms with E-state index in [2.05, 4.69) is 46.4 Å². The number of nitrogens with one attached hydrogen (secondary N) is 1. The van der Waals surface area contributed by atoms with Crippen LogP contribution in [0.15, 0.2) is 42.7 Å². The number of H-pyrrole nitrogens is 1. The van der Waals surface area contributed by atoms with Crippen LogP contribution in [0.4, 0.5) is 0 Å². The molecule has 110 valence electrons. The van der Waals surface area contributed by atoms with Crippen LogP contribution in [-0.2, 0) is 6.42 Å². The molecule has 0 aliphatic carbocycles. The zero-order valence-corrected chi connectivity index (χ0v) is 12.2. The quantitative estimate of drug-likeness (QED) is 0.927. The van der Waals surface area contributed by atoms with Crippen molar-refractivity contribution in [3.05, 3.63) is 53.9 Å². The van der Waals surface area contributed by atoms with E-state index in [9.17, 15) is 4.79 Å². The summed E-state index contributed by atoms with van der Waals surface area (Å²) in [6.07, 6.45) is 4.21. The summed E-state index contributed by atoms with van der Waals surface area (Å²) in [6, 6.07) is 10.8. The second-order valence-corrected chi connectivity index (χ2v) is 5.56. The van der Waals surface area contributed by atoms with Gasteiger partial charge in [-0.2, -0.15) is 5.10 Å². The number of piperazine rings is 1. The lowest BCUT2D eigenvalue weighted by Gasteiger charge is -2.39. The topological polar surface area (TPSA) is 52.2 Å². The average molecular weight is 284 g/mol. The summed E-state index contributed by atoms with van der Waals surface area (Å²) < 4.78 is 0. The van der Waals surface area contributed by atoms with Gasteiger partial charge in [-0.3, -0.25) is 14.8 Å². The van der Waals surface area contributed by atoms with Crippen LogP contribution in [-0.4, -0.2) is 58.6 Å². The van der Waals surface area contributed by atoms with Gasteiger partial charge in [-0.05, 0) is 19.0 Å². The molecule has 2 heterocycles. The van der Waals surface area contributed by atoms with Crippen LogP contribution in [0.5, 0.6) is 0 Å². The Kier molecular flexibility index (Phi) is 4.01. The van der Waals surface area contributed by atoms with Crippen molar-refractivity contribution < 1.29 is 4.79 Å². The molecule has 3 rings (SSSR count). The first-order valence-electron chi connectivity index (χ1n) is 7.26. The molecule has 0 radical (unpaired) electrons. The van der Waals surface area contributed by atoms with E-state index in [0.717, 1.165) is 26.1 Å². The van der Waals surface area contributed by atoms with Crippen molar-refractivity contribution in [1.82, 2.24) is 20.0 Å². The van der Waals surface area contributed by atoms with Gasteiger partial charge in [0.2, 0.25) is 0 Å². The molecular weight excluding hydrogens is 264 g/mol. The molecule has 1 aliphatic heterocycles. The Hall–Kier alpha value is -2.14. The standard InChI is InChI=1S/C16H20N4O/c1-19-7-8-20(16(21)14-10-17-18-11-14)12-15(19)9-13-5-3-2-4-6-13/h2-6,10-11,15H,7-9,12H2,1H3,(H,17,18)/t15-/m0/s1. The lowest BCUT2D eigenvalue weighted by Crippen LogP contribution is -2.54. The molecule has 0 spiro atoms. The fraction of sp³-hybridized carbons (Fsp3) is 0.375. The summed E-state index contributed by atoms with van der Waals surface area (Å²) in [4.78, 5) is 16.7. The highest BCUT2D eigenvalue weighted by Gasteiger charge is 2.28. The lowest BCUT2D eigenvalue weighted by molar-refractivity contribution is 0.0547. The number of rotatable bonds is 3. The van der Waals surface area contributed by atoms with Crippen molar-refractivity contribution in [2.45, 2.75) is 12.5 Å². The molecule has 0 unspecified atom stereocenters. The first kappa shape index (κ1) is 13.8. The van der Waals surface area contributed by atoms with Crippen LogP contribution in [0.3, 0.4) is 0 Å². The van der Waals surface area contributed by atoms with Gasteiger partial charge in [0.05, 0.1) is 11.8 Å². The average Bonchev–Trinajstić information content (AvgIpc) is 3.04. The summed E-state index contributed by atoms with van der Waals surface area (Å²) in [5.41, 5.74) is 1.95. The Bertz CT molecular complexity index is 582. The Morgan fingerprint density at radius 3 is 2.86 bits per heavy atom. The Morgan fingerprint density at radius 1 is 1.33 bits per heavy atom. The van der Waals surface area contributed by atoms with E-state index < -0.39 is 0 Å². The fourth-order valence-electron chi connectivity index (χ4n) is 2.79. The highest BCUT2D eigenvalue weighted by atomic mass is 16.2. The number of hydrogen-bond acceptors (Lipinski definition) is 3. The molecule has 5 heteroatoms. The van der Waals surface area contributed by atoms with Gasteiger partial charge < -0.3 is 4.90 Å². The lowest BCUT2D eigenvalue weighted by atomic mass is 10.0. The maximum atomic E-state index is 12.4. The van der Waals surface area contributed by atoms with E-state index in [4.69, 9.17) is 0 Å². The van der Waals surface area contributed by atoms with Crippen LogP contribution in [0.2, 0.25) is 0 Å². The Balaban J connectivity index is 1.68.